The fourth-order valence-corrected chi connectivity index (χ4v) is 3.95. The van der Waals surface area contributed by atoms with Gasteiger partial charge in [0.05, 0.1) is 12.8 Å². The first-order chi connectivity index (χ1) is 16.7. The van der Waals surface area contributed by atoms with Crippen molar-refractivity contribution in [2.24, 2.45) is 0 Å². The maximum Gasteiger partial charge on any atom is 0.283 e. The molecule has 178 valence electrons. The van der Waals surface area contributed by atoms with Crippen LogP contribution in [0.3, 0.4) is 0 Å². The van der Waals surface area contributed by atoms with Crippen LogP contribution >= 0.6 is 11.6 Å². The molecule has 0 fully saturated rings. The van der Waals surface area contributed by atoms with Gasteiger partial charge in [-0.1, -0.05) is 29.8 Å². The summed E-state index contributed by atoms with van der Waals surface area (Å²) in [5, 5.41) is 5.60. The molecule has 2 N–H and O–H groups in total. The number of halogens is 1. The molecule has 0 atom stereocenters. The van der Waals surface area contributed by atoms with Gasteiger partial charge in [0, 0.05) is 16.9 Å². The first-order valence-corrected chi connectivity index (χ1v) is 11.3. The van der Waals surface area contributed by atoms with Crippen LogP contribution in [-0.2, 0) is 9.59 Å². The third-order valence-electron chi connectivity index (χ3n) is 5.87. The predicted octanol–water partition coefficient (Wildman–Crippen LogP) is 5.31. The second-order valence-electron chi connectivity index (χ2n) is 8.21. The van der Waals surface area contributed by atoms with E-state index in [4.69, 9.17) is 16.3 Å². The molecular weight excluding hydrogens is 466 g/mol. The number of hydrogen-bond donors (Lipinski definition) is 2. The van der Waals surface area contributed by atoms with Gasteiger partial charge in [-0.2, -0.15) is 0 Å². The highest BCUT2D eigenvalue weighted by molar-refractivity contribution is 6.53. The summed E-state index contributed by atoms with van der Waals surface area (Å²) in [5.74, 6) is -1.12. The fourth-order valence-electron chi connectivity index (χ4n) is 3.74. The lowest BCUT2D eigenvalue weighted by molar-refractivity contribution is -0.120. The third-order valence-corrected chi connectivity index (χ3v) is 6.22. The number of nitrogens with one attached hydrogen (secondary N) is 2. The van der Waals surface area contributed by atoms with Crippen molar-refractivity contribution in [3.05, 3.63) is 93.6 Å². The summed E-state index contributed by atoms with van der Waals surface area (Å²) in [7, 11) is 1.46. The number of aryl methyl sites for hydroxylation is 2. The highest BCUT2D eigenvalue weighted by atomic mass is 35.5. The van der Waals surface area contributed by atoms with Crippen LogP contribution in [0.5, 0.6) is 5.75 Å². The Kier molecular flexibility index (Phi) is 6.62. The van der Waals surface area contributed by atoms with E-state index in [1.165, 1.54) is 7.11 Å². The number of imide groups is 1. The van der Waals surface area contributed by atoms with Gasteiger partial charge in [0.15, 0.2) is 0 Å². The van der Waals surface area contributed by atoms with Crippen molar-refractivity contribution in [1.82, 2.24) is 0 Å². The topological polar surface area (TPSA) is 87.7 Å². The van der Waals surface area contributed by atoms with Gasteiger partial charge in [-0.15, -0.1) is 0 Å². The number of carbonyl (C=O) groups excluding carboxylic acids is 3. The highest BCUT2D eigenvalue weighted by Gasteiger charge is 2.40. The van der Waals surface area contributed by atoms with E-state index in [0.29, 0.717) is 22.7 Å². The van der Waals surface area contributed by atoms with E-state index in [9.17, 15) is 14.4 Å². The lowest BCUT2D eigenvalue weighted by Crippen LogP contribution is -2.32. The molecule has 0 bridgehead atoms. The molecule has 0 spiro atoms. The molecule has 0 aromatic heterocycles. The monoisotopic (exact) mass is 489 g/mol. The van der Waals surface area contributed by atoms with Crippen molar-refractivity contribution in [3.8, 4) is 5.75 Å². The van der Waals surface area contributed by atoms with Crippen molar-refractivity contribution in [1.29, 1.82) is 0 Å². The maximum absolute atomic E-state index is 13.1. The molecule has 3 aromatic rings. The predicted molar refractivity (Wildman–Crippen MR) is 137 cm³/mol. The van der Waals surface area contributed by atoms with Crippen LogP contribution in [0.2, 0.25) is 0 Å². The summed E-state index contributed by atoms with van der Waals surface area (Å²) in [6, 6.07) is 17.4. The number of methoxy groups -OCH3 is 1. The van der Waals surface area contributed by atoms with E-state index in [-0.39, 0.29) is 16.6 Å². The standard InChI is InChI=1S/C27H24ClN3O4/c1-15-8-13-22(35-4)21(14-15)31-26(33)23(28)24(27(31)34)29-19-11-9-18(10-12-19)25(32)30-20-7-5-6-16(2)17(20)3/h5-14,29H,1-4H3,(H,30,32). The first-order valence-electron chi connectivity index (χ1n) is 10.9. The summed E-state index contributed by atoms with van der Waals surface area (Å²) < 4.78 is 5.32. The average molecular weight is 490 g/mol. The Bertz CT molecular complexity index is 1380. The van der Waals surface area contributed by atoms with Crippen LogP contribution in [0.4, 0.5) is 17.1 Å². The molecular formula is C27H24ClN3O4. The van der Waals surface area contributed by atoms with E-state index in [0.717, 1.165) is 27.3 Å². The quantitative estimate of drug-likeness (QED) is 0.458. The molecule has 4 rings (SSSR count). The molecule has 0 unspecified atom stereocenters. The largest absolute Gasteiger partial charge is 0.495 e. The molecule has 0 aliphatic carbocycles. The van der Waals surface area contributed by atoms with Crippen LogP contribution < -0.4 is 20.3 Å². The Morgan fingerprint density at radius 1 is 0.943 bits per heavy atom. The minimum absolute atomic E-state index is 0.0483. The summed E-state index contributed by atoms with van der Waals surface area (Å²) >= 11 is 6.25. The maximum atomic E-state index is 13.1. The van der Waals surface area contributed by atoms with E-state index in [1.54, 1.807) is 36.4 Å². The zero-order valence-corrected chi connectivity index (χ0v) is 20.5. The lowest BCUT2D eigenvalue weighted by Gasteiger charge is -2.18. The van der Waals surface area contributed by atoms with Crippen LogP contribution in [0.1, 0.15) is 27.0 Å². The van der Waals surface area contributed by atoms with Crippen molar-refractivity contribution >= 4 is 46.4 Å². The number of anilines is 3. The molecule has 1 aliphatic heterocycles. The zero-order chi connectivity index (χ0) is 25.3. The van der Waals surface area contributed by atoms with Gasteiger partial charge >= 0.3 is 0 Å². The van der Waals surface area contributed by atoms with Gasteiger partial charge in [0.1, 0.15) is 16.5 Å². The first kappa shape index (κ1) is 24.0. The van der Waals surface area contributed by atoms with E-state index in [2.05, 4.69) is 10.6 Å². The van der Waals surface area contributed by atoms with Crippen LogP contribution in [-0.4, -0.2) is 24.8 Å². The summed E-state index contributed by atoms with van der Waals surface area (Å²) in [5.41, 5.74) is 4.89. The number of hydrogen-bond acceptors (Lipinski definition) is 5. The molecule has 3 amide bonds. The van der Waals surface area contributed by atoms with Crippen molar-refractivity contribution in [2.75, 3.05) is 22.6 Å². The van der Waals surface area contributed by atoms with Crippen molar-refractivity contribution < 1.29 is 19.1 Å². The minimum Gasteiger partial charge on any atom is -0.495 e. The van der Waals surface area contributed by atoms with Crippen LogP contribution in [0.25, 0.3) is 0 Å². The molecule has 1 heterocycles. The molecule has 0 radical (unpaired) electrons. The van der Waals surface area contributed by atoms with Crippen molar-refractivity contribution in [3.63, 3.8) is 0 Å². The van der Waals surface area contributed by atoms with Crippen molar-refractivity contribution in [2.45, 2.75) is 20.8 Å². The molecule has 35 heavy (non-hydrogen) atoms. The Labute approximate surface area is 208 Å². The number of benzene rings is 3. The Hall–Kier alpha value is -4.10. The highest BCUT2D eigenvalue weighted by Crippen LogP contribution is 2.36. The normalized spacial score (nSPS) is 13.3. The molecule has 0 saturated carbocycles. The molecule has 7 nitrogen and oxygen atoms in total. The number of ether oxygens (including phenoxy) is 1. The molecule has 1 aliphatic rings. The van der Waals surface area contributed by atoms with Gasteiger partial charge in [-0.25, -0.2) is 4.90 Å². The lowest BCUT2D eigenvalue weighted by atomic mass is 10.1. The Morgan fingerprint density at radius 2 is 1.66 bits per heavy atom. The van der Waals surface area contributed by atoms with Gasteiger partial charge in [-0.05, 0) is 79.9 Å². The van der Waals surface area contributed by atoms with E-state index >= 15 is 0 Å². The van der Waals surface area contributed by atoms with E-state index in [1.807, 2.05) is 45.0 Å². The number of nitrogens with zero attached hydrogens (tertiary/aromatic N) is 1. The minimum atomic E-state index is -0.646. The van der Waals surface area contributed by atoms with E-state index < -0.39 is 11.8 Å². The molecule has 0 saturated heterocycles. The number of rotatable bonds is 6. The molecule has 3 aromatic carbocycles. The van der Waals surface area contributed by atoms with Gasteiger partial charge in [-0.3, -0.25) is 14.4 Å². The van der Waals surface area contributed by atoms with Gasteiger partial charge in [0.25, 0.3) is 17.7 Å². The second kappa shape index (κ2) is 9.64. The fraction of sp³-hybridized carbons (Fsp3) is 0.148. The van der Waals surface area contributed by atoms with Crippen LogP contribution in [0.15, 0.2) is 71.4 Å². The smallest absolute Gasteiger partial charge is 0.283 e. The summed E-state index contributed by atoms with van der Waals surface area (Å²) in [4.78, 5) is 39.6. The third kappa shape index (κ3) is 4.63. The zero-order valence-electron chi connectivity index (χ0n) is 19.7. The summed E-state index contributed by atoms with van der Waals surface area (Å²) in [6.45, 7) is 5.78. The number of amides is 3. The van der Waals surface area contributed by atoms with Gasteiger partial charge in [0.2, 0.25) is 0 Å². The summed E-state index contributed by atoms with van der Waals surface area (Å²) in [6.07, 6.45) is 0. The Balaban J connectivity index is 1.52. The number of carbonyl (C=O) groups is 3. The van der Waals surface area contributed by atoms with Crippen LogP contribution in [0, 0.1) is 20.8 Å². The molecule has 8 heteroatoms. The average Bonchev–Trinajstić information content (AvgIpc) is 3.05. The van der Waals surface area contributed by atoms with Gasteiger partial charge < -0.3 is 15.4 Å². The SMILES string of the molecule is COc1ccc(C)cc1N1C(=O)C(Cl)=C(Nc2ccc(C(=O)Nc3cccc(C)c3C)cc2)C1=O. The second-order valence-corrected chi connectivity index (χ2v) is 8.59. The Morgan fingerprint density at radius 3 is 2.34 bits per heavy atom.